The predicted octanol–water partition coefficient (Wildman–Crippen LogP) is 7.28. The summed E-state index contributed by atoms with van der Waals surface area (Å²) in [5.74, 6) is 1.74. The van der Waals surface area contributed by atoms with Gasteiger partial charge in [-0.1, -0.05) is 56.6 Å². The summed E-state index contributed by atoms with van der Waals surface area (Å²) >= 11 is 6.36. The molecule has 0 amide bonds. The Morgan fingerprint density at radius 2 is 1.76 bits per heavy atom. The number of benzene rings is 3. The highest BCUT2D eigenvalue weighted by molar-refractivity contribution is 6.30. The molecule has 0 bridgehead atoms. The first kappa shape index (κ1) is 21.8. The fourth-order valence-electron chi connectivity index (χ4n) is 4.51. The molecule has 0 aliphatic carbocycles. The van der Waals surface area contributed by atoms with Crippen LogP contribution in [0.5, 0.6) is 11.5 Å². The van der Waals surface area contributed by atoms with Crippen molar-refractivity contribution in [1.29, 1.82) is 0 Å². The van der Waals surface area contributed by atoms with Gasteiger partial charge in [0.1, 0.15) is 11.5 Å². The first-order valence-corrected chi connectivity index (χ1v) is 11.9. The highest BCUT2D eigenvalue weighted by Gasteiger charge is 2.41. The van der Waals surface area contributed by atoms with Crippen molar-refractivity contribution in [2.75, 3.05) is 6.61 Å². The molecule has 2 atom stereocenters. The first-order chi connectivity index (χ1) is 15.8. The number of nitrogens with zero attached hydrogens (tertiary/aromatic N) is 2. The Morgan fingerprint density at radius 1 is 1.03 bits per heavy atom. The molecule has 3 aromatic carbocycles. The molecule has 0 saturated heterocycles. The van der Waals surface area contributed by atoms with Crippen LogP contribution in [0.15, 0.2) is 71.8 Å². The predicted molar refractivity (Wildman–Crippen MR) is 133 cm³/mol. The van der Waals surface area contributed by atoms with Crippen LogP contribution < -0.4 is 9.47 Å². The van der Waals surface area contributed by atoms with Gasteiger partial charge in [-0.2, -0.15) is 5.10 Å². The quantitative estimate of drug-likeness (QED) is 0.410. The Kier molecular flexibility index (Phi) is 5.57. The fourth-order valence-corrected chi connectivity index (χ4v) is 4.69. The average Bonchev–Trinajstić information content (AvgIpc) is 3.25. The van der Waals surface area contributed by atoms with Gasteiger partial charge >= 0.3 is 0 Å². The molecular formula is C28H29ClN2O2. The summed E-state index contributed by atoms with van der Waals surface area (Å²) in [5, 5.41) is 7.86. The zero-order valence-electron chi connectivity index (χ0n) is 19.5. The van der Waals surface area contributed by atoms with Crippen LogP contribution >= 0.6 is 11.6 Å². The van der Waals surface area contributed by atoms with Crippen LogP contribution in [0, 0.1) is 0 Å². The first-order valence-electron chi connectivity index (χ1n) is 11.5. The van der Waals surface area contributed by atoms with E-state index in [0.29, 0.717) is 11.6 Å². The number of hydrogen-bond donors (Lipinski definition) is 0. The average molecular weight is 461 g/mol. The zero-order valence-corrected chi connectivity index (χ0v) is 20.3. The smallest absolute Gasteiger partial charge is 0.213 e. The minimum absolute atomic E-state index is 0.0707. The number of fused-ring (bicyclic) bond motifs is 3. The van der Waals surface area contributed by atoms with Gasteiger partial charge < -0.3 is 9.47 Å². The number of rotatable bonds is 4. The number of hydrogen-bond acceptors (Lipinski definition) is 4. The van der Waals surface area contributed by atoms with E-state index >= 15 is 0 Å². The van der Waals surface area contributed by atoms with Crippen LogP contribution in [0.4, 0.5) is 0 Å². The molecule has 5 heteroatoms. The maximum atomic E-state index is 6.49. The number of halogens is 1. The van der Waals surface area contributed by atoms with Gasteiger partial charge in [-0.3, -0.25) is 0 Å². The van der Waals surface area contributed by atoms with Gasteiger partial charge in [0.05, 0.1) is 18.4 Å². The van der Waals surface area contributed by atoms with E-state index in [4.69, 9.17) is 26.2 Å². The van der Waals surface area contributed by atoms with Gasteiger partial charge in [-0.05, 0) is 65.9 Å². The Labute approximate surface area is 200 Å². The van der Waals surface area contributed by atoms with E-state index in [9.17, 15) is 0 Å². The SMILES string of the molecule is CCOc1ccc(C2=NN3[C@H](C2)c2cc(Cl)ccc2O[C@H]3c2ccc(C(C)(C)C)cc2)cc1. The highest BCUT2D eigenvalue weighted by Crippen LogP contribution is 2.48. The van der Waals surface area contributed by atoms with Gasteiger partial charge in [0.25, 0.3) is 0 Å². The standard InChI is InChI=1S/C28H29ClN2O2/c1-5-32-22-13-8-18(9-14-22)24-17-25-23-16-21(29)12-15-26(23)33-27(31(25)30-24)19-6-10-20(11-7-19)28(2,3)4/h6-16,25,27H,5,17H2,1-4H3/t25-,27+/m1/s1. The van der Waals surface area contributed by atoms with E-state index in [-0.39, 0.29) is 17.7 Å². The van der Waals surface area contributed by atoms with Crippen LogP contribution in [0.25, 0.3) is 0 Å². The highest BCUT2D eigenvalue weighted by atomic mass is 35.5. The molecule has 0 saturated carbocycles. The van der Waals surface area contributed by atoms with E-state index in [1.165, 1.54) is 5.56 Å². The van der Waals surface area contributed by atoms with E-state index in [1.54, 1.807) is 0 Å². The molecule has 0 unspecified atom stereocenters. The van der Waals surface area contributed by atoms with Gasteiger partial charge in [-0.15, -0.1) is 0 Å². The molecule has 0 radical (unpaired) electrons. The van der Waals surface area contributed by atoms with Crippen molar-refractivity contribution in [3.05, 3.63) is 94.0 Å². The lowest BCUT2D eigenvalue weighted by atomic mass is 9.86. The van der Waals surface area contributed by atoms with E-state index in [0.717, 1.165) is 40.3 Å². The Balaban J connectivity index is 1.52. The molecule has 170 valence electrons. The normalized spacial score (nSPS) is 19.4. The molecule has 2 heterocycles. The van der Waals surface area contributed by atoms with Crippen LogP contribution in [0.3, 0.4) is 0 Å². The van der Waals surface area contributed by atoms with Crippen molar-refractivity contribution in [2.24, 2.45) is 5.10 Å². The molecule has 0 spiro atoms. The lowest BCUT2D eigenvalue weighted by Crippen LogP contribution is -2.33. The van der Waals surface area contributed by atoms with Crippen LogP contribution in [-0.2, 0) is 5.41 Å². The summed E-state index contributed by atoms with van der Waals surface area (Å²) in [6.45, 7) is 9.32. The summed E-state index contributed by atoms with van der Waals surface area (Å²) in [4.78, 5) is 0. The molecule has 3 aromatic rings. The summed E-state index contributed by atoms with van der Waals surface area (Å²) in [5.41, 5.74) is 5.70. The van der Waals surface area contributed by atoms with E-state index < -0.39 is 0 Å². The third-order valence-corrected chi connectivity index (χ3v) is 6.55. The fraction of sp³-hybridized carbons (Fsp3) is 0.321. The molecule has 2 aliphatic rings. The zero-order chi connectivity index (χ0) is 23.2. The largest absolute Gasteiger partial charge is 0.494 e. The second-order valence-electron chi connectivity index (χ2n) is 9.63. The van der Waals surface area contributed by atoms with Gasteiger partial charge in [0.2, 0.25) is 6.23 Å². The Bertz CT molecular complexity index is 1180. The van der Waals surface area contributed by atoms with Crippen molar-refractivity contribution >= 4 is 17.3 Å². The van der Waals surface area contributed by atoms with E-state index in [2.05, 4.69) is 62.2 Å². The summed E-state index contributed by atoms with van der Waals surface area (Å²) in [6, 6.07) is 22.8. The summed E-state index contributed by atoms with van der Waals surface area (Å²) in [7, 11) is 0. The van der Waals surface area contributed by atoms with Crippen LogP contribution in [0.2, 0.25) is 5.02 Å². The van der Waals surface area contributed by atoms with Crippen molar-refractivity contribution in [3.8, 4) is 11.5 Å². The maximum Gasteiger partial charge on any atom is 0.213 e. The van der Waals surface area contributed by atoms with Crippen molar-refractivity contribution in [2.45, 2.75) is 51.8 Å². The molecule has 5 rings (SSSR count). The Morgan fingerprint density at radius 3 is 2.42 bits per heavy atom. The second kappa shape index (κ2) is 8.42. The lowest BCUT2D eigenvalue weighted by molar-refractivity contribution is -0.0190. The molecule has 0 aromatic heterocycles. The molecule has 33 heavy (non-hydrogen) atoms. The van der Waals surface area contributed by atoms with Gasteiger partial charge in [0.15, 0.2) is 0 Å². The van der Waals surface area contributed by atoms with Gasteiger partial charge in [0, 0.05) is 22.6 Å². The van der Waals surface area contributed by atoms with E-state index in [1.807, 2.05) is 37.3 Å². The maximum absolute atomic E-state index is 6.49. The summed E-state index contributed by atoms with van der Waals surface area (Å²) < 4.78 is 12.1. The third kappa shape index (κ3) is 4.20. The summed E-state index contributed by atoms with van der Waals surface area (Å²) in [6.07, 6.45) is 0.499. The minimum Gasteiger partial charge on any atom is -0.494 e. The van der Waals surface area contributed by atoms with Crippen LogP contribution in [-0.4, -0.2) is 17.3 Å². The van der Waals surface area contributed by atoms with Crippen molar-refractivity contribution < 1.29 is 9.47 Å². The van der Waals surface area contributed by atoms with Gasteiger partial charge in [-0.25, -0.2) is 5.01 Å². The number of hydrazone groups is 1. The molecule has 4 nitrogen and oxygen atoms in total. The Hall–Kier alpha value is -2.98. The number of ether oxygens (including phenoxy) is 2. The lowest BCUT2D eigenvalue weighted by Gasteiger charge is -2.38. The minimum atomic E-state index is -0.294. The monoisotopic (exact) mass is 460 g/mol. The molecule has 0 N–H and O–H groups in total. The molecular weight excluding hydrogens is 432 g/mol. The third-order valence-electron chi connectivity index (χ3n) is 6.31. The van der Waals surface area contributed by atoms with Crippen molar-refractivity contribution in [1.82, 2.24) is 5.01 Å². The molecule has 0 fully saturated rings. The second-order valence-corrected chi connectivity index (χ2v) is 10.1. The molecule has 2 aliphatic heterocycles. The topological polar surface area (TPSA) is 34.1 Å². The van der Waals surface area contributed by atoms with Crippen molar-refractivity contribution in [3.63, 3.8) is 0 Å². The van der Waals surface area contributed by atoms with Crippen LogP contribution in [0.1, 0.15) is 68.6 Å².